The second kappa shape index (κ2) is 7.73. The number of aryl methyl sites for hydroxylation is 1. The van der Waals surface area contributed by atoms with E-state index in [1.54, 1.807) is 6.92 Å². The summed E-state index contributed by atoms with van der Waals surface area (Å²) < 4.78 is 12.5. The van der Waals surface area contributed by atoms with Crippen LogP contribution in [-0.4, -0.2) is 59.1 Å². The van der Waals surface area contributed by atoms with Crippen LogP contribution in [0.1, 0.15) is 24.9 Å². The van der Waals surface area contributed by atoms with Crippen LogP contribution in [0, 0.1) is 6.92 Å². The summed E-state index contributed by atoms with van der Waals surface area (Å²) in [5.74, 6) is -0.342. The number of H-pyrrole nitrogens is 1. The quantitative estimate of drug-likeness (QED) is 0.611. The fourth-order valence-electron chi connectivity index (χ4n) is 2.74. The lowest BCUT2D eigenvalue weighted by Gasteiger charge is -2.40. The summed E-state index contributed by atoms with van der Waals surface area (Å²) in [5.41, 5.74) is -0.732. The van der Waals surface area contributed by atoms with E-state index in [1.165, 1.54) is 17.8 Å². The first-order chi connectivity index (χ1) is 11.4. The summed E-state index contributed by atoms with van der Waals surface area (Å²) in [6.45, 7) is 3.31. The van der Waals surface area contributed by atoms with Gasteiger partial charge in [-0.3, -0.25) is 19.1 Å². The van der Waals surface area contributed by atoms with Crippen molar-refractivity contribution in [2.45, 2.75) is 44.6 Å². The van der Waals surface area contributed by atoms with Gasteiger partial charge in [0.1, 0.15) is 18.8 Å². The number of aliphatic hydroxyl groups is 1. The lowest BCUT2D eigenvalue weighted by atomic mass is 9.96. The van der Waals surface area contributed by atoms with E-state index in [9.17, 15) is 19.5 Å². The maximum Gasteiger partial charge on any atom is 0.328 e. The van der Waals surface area contributed by atoms with Crippen LogP contribution in [-0.2, 0) is 14.3 Å². The fraction of sp³-hybridized carbons (Fsp3) is 0.667. The number of carbonyl (C=O) groups excluding carboxylic acids is 1. The number of ether oxygens (including phenoxy) is 2. The number of likely N-dealkylation sites (N-methyl/N-ethyl adjacent to an activating group) is 1. The molecule has 4 unspecified atom stereocenters. The number of hydrogen-bond donors (Lipinski definition) is 3. The zero-order chi connectivity index (χ0) is 17.9. The van der Waals surface area contributed by atoms with Crippen LogP contribution in [0.2, 0.25) is 0 Å². The van der Waals surface area contributed by atoms with Crippen molar-refractivity contribution in [3.63, 3.8) is 0 Å². The average Bonchev–Trinajstić information content (AvgIpc) is 2.56. The van der Waals surface area contributed by atoms with E-state index in [1.807, 2.05) is 6.92 Å². The van der Waals surface area contributed by atoms with Gasteiger partial charge in [-0.2, -0.15) is 0 Å². The molecule has 1 aliphatic rings. The molecule has 9 nitrogen and oxygen atoms in total. The smallest absolute Gasteiger partial charge is 0.328 e. The van der Waals surface area contributed by atoms with E-state index in [-0.39, 0.29) is 19.1 Å². The van der Waals surface area contributed by atoms with Crippen LogP contribution >= 0.6 is 0 Å². The molecule has 0 aromatic carbocycles. The summed E-state index contributed by atoms with van der Waals surface area (Å²) in [6.07, 6.45) is -0.297. The maximum absolute atomic E-state index is 12.1. The normalized spacial score (nSPS) is 27.0. The topological polar surface area (TPSA) is 123 Å². The lowest BCUT2D eigenvalue weighted by Crippen LogP contribution is -2.54. The van der Waals surface area contributed by atoms with Crippen LogP contribution in [0.15, 0.2) is 15.8 Å². The molecule has 2 heterocycles. The first kappa shape index (κ1) is 18.4. The van der Waals surface area contributed by atoms with Crippen LogP contribution in [0.4, 0.5) is 0 Å². The molecule has 0 bridgehead atoms. The van der Waals surface area contributed by atoms with Gasteiger partial charge in [-0.05, 0) is 13.3 Å². The standard InChI is InChI=1S/C15H23N3O6/c1-4-10-12(20)13(24-7-11(19)16-3)9(6-23-10)18-5-8(2)14(21)17-15(18)22/h5,9-10,12-13,20H,4,6-7H2,1-3H3,(H,16,19)(H,17,21,22). The Morgan fingerprint density at radius 3 is 2.88 bits per heavy atom. The number of hydrogen-bond acceptors (Lipinski definition) is 6. The molecular weight excluding hydrogens is 318 g/mol. The Balaban J connectivity index is 2.34. The third-order valence-corrected chi connectivity index (χ3v) is 4.17. The van der Waals surface area contributed by atoms with Gasteiger partial charge in [0.05, 0.1) is 18.8 Å². The minimum atomic E-state index is -1.00. The first-order valence-electron chi connectivity index (χ1n) is 7.83. The largest absolute Gasteiger partial charge is 0.388 e. The number of aromatic amines is 1. The zero-order valence-electron chi connectivity index (χ0n) is 13.9. The third-order valence-electron chi connectivity index (χ3n) is 4.17. The van der Waals surface area contributed by atoms with E-state index in [2.05, 4.69) is 10.3 Å². The highest BCUT2D eigenvalue weighted by atomic mass is 16.5. The Bertz CT molecular complexity index is 697. The molecule has 1 fully saturated rings. The van der Waals surface area contributed by atoms with Crippen LogP contribution < -0.4 is 16.6 Å². The van der Waals surface area contributed by atoms with Crippen LogP contribution in [0.25, 0.3) is 0 Å². The second-order valence-corrected chi connectivity index (χ2v) is 5.77. The molecule has 4 atom stereocenters. The summed E-state index contributed by atoms with van der Waals surface area (Å²) in [6, 6.07) is -0.657. The predicted molar refractivity (Wildman–Crippen MR) is 84.9 cm³/mol. The van der Waals surface area contributed by atoms with Crippen molar-refractivity contribution in [2.75, 3.05) is 20.3 Å². The molecule has 134 valence electrons. The Hall–Kier alpha value is -1.97. The molecule has 1 aromatic heterocycles. The summed E-state index contributed by atoms with van der Waals surface area (Å²) >= 11 is 0. The highest BCUT2D eigenvalue weighted by molar-refractivity contribution is 5.76. The number of aliphatic hydroxyl groups excluding tert-OH is 1. The van der Waals surface area contributed by atoms with Gasteiger partial charge >= 0.3 is 5.69 Å². The van der Waals surface area contributed by atoms with Crippen molar-refractivity contribution in [1.29, 1.82) is 0 Å². The number of aromatic nitrogens is 2. The van der Waals surface area contributed by atoms with Crippen molar-refractivity contribution in [3.05, 3.63) is 32.6 Å². The van der Waals surface area contributed by atoms with Crippen molar-refractivity contribution >= 4 is 5.91 Å². The average molecular weight is 341 g/mol. The lowest BCUT2D eigenvalue weighted by molar-refractivity contribution is -0.181. The van der Waals surface area contributed by atoms with Crippen LogP contribution in [0.3, 0.4) is 0 Å². The molecule has 9 heteroatoms. The molecule has 3 N–H and O–H groups in total. The molecule has 1 amide bonds. The number of carbonyl (C=O) groups is 1. The number of amides is 1. The van der Waals surface area contributed by atoms with Crippen molar-refractivity contribution in [3.8, 4) is 0 Å². The minimum Gasteiger partial charge on any atom is -0.388 e. The molecule has 24 heavy (non-hydrogen) atoms. The zero-order valence-corrected chi connectivity index (χ0v) is 13.9. The van der Waals surface area contributed by atoms with Crippen molar-refractivity contribution < 1.29 is 19.4 Å². The Kier molecular flexibility index (Phi) is 5.92. The Labute approximate surface area is 138 Å². The van der Waals surface area contributed by atoms with Gasteiger partial charge in [0.15, 0.2) is 0 Å². The van der Waals surface area contributed by atoms with Gasteiger partial charge in [-0.15, -0.1) is 0 Å². The molecule has 0 spiro atoms. The van der Waals surface area contributed by atoms with Gasteiger partial charge in [0.25, 0.3) is 5.56 Å². The highest BCUT2D eigenvalue weighted by Crippen LogP contribution is 2.27. The van der Waals surface area contributed by atoms with E-state index < -0.39 is 35.6 Å². The molecule has 0 saturated carbocycles. The molecule has 0 aliphatic carbocycles. The SMILES string of the molecule is CCC1OCC(n2cc(C)c(=O)[nH]c2=O)C(OCC(=O)NC)C1O. The third kappa shape index (κ3) is 3.74. The Morgan fingerprint density at radius 1 is 1.54 bits per heavy atom. The van der Waals surface area contributed by atoms with Crippen molar-refractivity contribution in [2.24, 2.45) is 0 Å². The number of rotatable bonds is 5. The van der Waals surface area contributed by atoms with E-state index in [0.717, 1.165) is 0 Å². The first-order valence-corrected chi connectivity index (χ1v) is 7.83. The highest BCUT2D eigenvalue weighted by Gasteiger charge is 2.41. The molecule has 2 rings (SSSR count). The molecule has 1 aromatic rings. The number of nitrogens with zero attached hydrogens (tertiary/aromatic N) is 1. The minimum absolute atomic E-state index is 0.124. The van der Waals surface area contributed by atoms with Gasteiger partial charge in [-0.1, -0.05) is 6.92 Å². The fourth-order valence-corrected chi connectivity index (χ4v) is 2.74. The Morgan fingerprint density at radius 2 is 2.25 bits per heavy atom. The molecule has 0 radical (unpaired) electrons. The van der Waals surface area contributed by atoms with E-state index >= 15 is 0 Å². The molecular formula is C15H23N3O6. The predicted octanol–water partition coefficient (Wildman–Crippen LogP) is -1.31. The monoisotopic (exact) mass is 341 g/mol. The van der Waals surface area contributed by atoms with Crippen LogP contribution in [0.5, 0.6) is 0 Å². The van der Waals surface area contributed by atoms with E-state index in [4.69, 9.17) is 9.47 Å². The summed E-state index contributed by atoms with van der Waals surface area (Å²) in [7, 11) is 1.48. The van der Waals surface area contributed by atoms with Gasteiger partial charge in [0, 0.05) is 18.8 Å². The molecule has 1 saturated heterocycles. The van der Waals surface area contributed by atoms with Gasteiger partial charge in [-0.25, -0.2) is 4.79 Å². The van der Waals surface area contributed by atoms with Gasteiger partial charge < -0.3 is 19.9 Å². The maximum atomic E-state index is 12.1. The summed E-state index contributed by atoms with van der Waals surface area (Å²) in [4.78, 5) is 37.3. The second-order valence-electron chi connectivity index (χ2n) is 5.77. The van der Waals surface area contributed by atoms with Crippen molar-refractivity contribution in [1.82, 2.24) is 14.9 Å². The number of nitrogens with one attached hydrogen (secondary N) is 2. The summed E-state index contributed by atoms with van der Waals surface area (Å²) in [5, 5.41) is 12.9. The van der Waals surface area contributed by atoms with Gasteiger partial charge in [0.2, 0.25) is 5.91 Å². The van der Waals surface area contributed by atoms with E-state index in [0.29, 0.717) is 12.0 Å². The molecule has 1 aliphatic heterocycles.